The van der Waals surface area contributed by atoms with Crippen molar-refractivity contribution in [2.24, 2.45) is 0 Å². The Morgan fingerprint density at radius 1 is 1.32 bits per heavy atom. The zero-order chi connectivity index (χ0) is 13.4. The quantitative estimate of drug-likeness (QED) is 0.785. The first-order chi connectivity index (χ1) is 9.19. The summed E-state index contributed by atoms with van der Waals surface area (Å²) >= 11 is 1.32. The Morgan fingerprint density at radius 2 is 2.16 bits per heavy atom. The Bertz CT molecular complexity index is 708. The van der Waals surface area contributed by atoms with Gasteiger partial charge < -0.3 is 5.73 Å². The van der Waals surface area contributed by atoms with E-state index in [0.29, 0.717) is 15.9 Å². The van der Waals surface area contributed by atoms with E-state index in [-0.39, 0.29) is 0 Å². The van der Waals surface area contributed by atoms with Gasteiger partial charge in [0.2, 0.25) is 15.9 Å². The molecule has 0 aliphatic rings. The number of fused-ring (bicyclic) bond motifs is 1. The van der Waals surface area contributed by atoms with E-state index in [2.05, 4.69) is 27.3 Å². The van der Waals surface area contributed by atoms with Crippen LogP contribution < -0.4 is 5.73 Å². The van der Waals surface area contributed by atoms with Crippen LogP contribution in [0.25, 0.3) is 16.5 Å². The van der Waals surface area contributed by atoms with Gasteiger partial charge in [0.1, 0.15) is 5.69 Å². The van der Waals surface area contributed by atoms with Gasteiger partial charge in [-0.05, 0) is 19.4 Å². The van der Waals surface area contributed by atoms with Gasteiger partial charge in [0.05, 0.1) is 5.69 Å². The Kier molecular flexibility index (Phi) is 2.94. The van der Waals surface area contributed by atoms with Crippen molar-refractivity contribution in [2.45, 2.75) is 33.2 Å². The molecule has 0 saturated carbocycles. The fourth-order valence-electron chi connectivity index (χ4n) is 2.00. The fraction of sp³-hybridized carbons (Fsp3) is 0.455. The third-order valence-corrected chi connectivity index (χ3v) is 3.59. The first kappa shape index (κ1) is 12.1. The molecule has 0 aliphatic heterocycles. The molecule has 100 valence electrons. The van der Waals surface area contributed by atoms with Crippen molar-refractivity contribution in [3.8, 4) is 11.5 Å². The summed E-state index contributed by atoms with van der Waals surface area (Å²) in [5.41, 5.74) is 7.60. The van der Waals surface area contributed by atoms with Gasteiger partial charge in [0.15, 0.2) is 0 Å². The van der Waals surface area contributed by atoms with Crippen LogP contribution >= 0.6 is 11.3 Å². The Hall–Kier alpha value is -1.96. The molecule has 0 aliphatic carbocycles. The molecule has 3 heterocycles. The van der Waals surface area contributed by atoms with Gasteiger partial charge in [-0.3, -0.25) is 4.68 Å². The third kappa shape index (κ3) is 2.07. The topological polar surface area (TPSA) is 86.9 Å². The SMILES string of the molecule is CCCCn1nc(C)cc1-c1nnc2sc(N)nn12. The van der Waals surface area contributed by atoms with Gasteiger partial charge in [-0.2, -0.15) is 9.61 Å². The van der Waals surface area contributed by atoms with Crippen LogP contribution in [0.2, 0.25) is 0 Å². The molecule has 3 rings (SSSR count). The summed E-state index contributed by atoms with van der Waals surface area (Å²) in [4.78, 5) is 0.702. The van der Waals surface area contributed by atoms with Crippen LogP contribution in [-0.4, -0.2) is 29.6 Å². The molecular formula is C11H15N7S. The maximum atomic E-state index is 5.70. The van der Waals surface area contributed by atoms with Crippen LogP contribution in [0.3, 0.4) is 0 Å². The normalized spacial score (nSPS) is 11.5. The number of unbranched alkanes of at least 4 members (excludes halogenated alkanes) is 1. The molecule has 0 radical (unpaired) electrons. The molecule has 0 bridgehead atoms. The molecule has 3 aromatic heterocycles. The number of nitrogens with two attached hydrogens (primary N) is 1. The number of hydrogen-bond acceptors (Lipinski definition) is 6. The number of hydrogen-bond donors (Lipinski definition) is 1. The second-order valence-corrected chi connectivity index (χ2v) is 5.39. The zero-order valence-corrected chi connectivity index (χ0v) is 11.7. The number of anilines is 1. The molecule has 0 amide bonds. The van der Waals surface area contributed by atoms with E-state index in [1.807, 2.05) is 17.7 Å². The standard InChI is InChI=1S/C11H15N7S/c1-3-4-5-17-8(6-7(2)15-17)9-13-14-11-18(9)16-10(12)19-11/h6H,3-5H2,1-2H3,(H2,12,16). The lowest BCUT2D eigenvalue weighted by atomic mass is 10.3. The summed E-state index contributed by atoms with van der Waals surface area (Å²) in [5.74, 6) is 0.694. The predicted molar refractivity (Wildman–Crippen MR) is 73.9 cm³/mol. The smallest absolute Gasteiger partial charge is 0.236 e. The van der Waals surface area contributed by atoms with E-state index < -0.39 is 0 Å². The molecular weight excluding hydrogens is 262 g/mol. The van der Waals surface area contributed by atoms with Crippen molar-refractivity contribution < 1.29 is 0 Å². The van der Waals surface area contributed by atoms with E-state index in [9.17, 15) is 0 Å². The lowest BCUT2D eigenvalue weighted by Crippen LogP contribution is -2.04. The summed E-state index contributed by atoms with van der Waals surface area (Å²) < 4.78 is 3.64. The van der Waals surface area contributed by atoms with Crippen LogP contribution in [-0.2, 0) is 6.54 Å². The lowest BCUT2D eigenvalue weighted by Gasteiger charge is -2.03. The molecule has 0 atom stereocenters. The minimum Gasteiger partial charge on any atom is -0.374 e. The molecule has 3 aromatic rings. The van der Waals surface area contributed by atoms with E-state index >= 15 is 0 Å². The molecule has 7 nitrogen and oxygen atoms in total. The van der Waals surface area contributed by atoms with Gasteiger partial charge in [-0.25, -0.2) is 0 Å². The van der Waals surface area contributed by atoms with E-state index in [1.54, 1.807) is 4.52 Å². The minimum absolute atomic E-state index is 0.488. The van der Waals surface area contributed by atoms with Crippen molar-refractivity contribution in [3.63, 3.8) is 0 Å². The highest BCUT2D eigenvalue weighted by atomic mass is 32.1. The summed E-state index contributed by atoms with van der Waals surface area (Å²) in [6.45, 7) is 5.00. The monoisotopic (exact) mass is 277 g/mol. The van der Waals surface area contributed by atoms with Gasteiger partial charge in [0.25, 0.3) is 0 Å². The van der Waals surface area contributed by atoms with Crippen molar-refractivity contribution in [2.75, 3.05) is 5.73 Å². The second kappa shape index (κ2) is 4.61. The predicted octanol–water partition coefficient (Wildman–Crippen LogP) is 1.74. The Morgan fingerprint density at radius 3 is 2.95 bits per heavy atom. The highest BCUT2D eigenvalue weighted by Crippen LogP contribution is 2.23. The number of aromatic nitrogens is 6. The van der Waals surface area contributed by atoms with E-state index in [4.69, 9.17) is 5.73 Å². The van der Waals surface area contributed by atoms with Crippen LogP contribution in [0.5, 0.6) is 0 Å². The highest BCUT2D eigenvalue weighted by molar-refractivity contribution is 7.20. The average Bonchev–Trinajstić information content (AvgIpc) is 3.00. The Balaban J connectivity index is 2.09. The largest absolute Gasteiger partial charge is 0.374 e. The van der Waals surface area contributed by atoms with Crippen LogP contribution in [0.15, 0.2) is 6.07 Å². The maximum absolute atomic E-state index is 5.70. The molecule has 0 aromatic carbocycles. The van der Waals surface area contributed by atoms with Crippen molar-refractivity contribution >= 4 is 21.4 Å². The van der Waals surface area contributed by atoms with Gasteiger partial charge in [-0.15, -0.1) is 15.3 Å². The number of aryl methyl sites for hydroxylation is 2. The van der Waals surface area contributed by atoms with Gasteiger partial charge >= 0.3 is 0 Å². The molecule has 19 heavy (non-hydrogen) atoms. The first-order valence-corrected chi connectivity index (χ1v) is 7.03. The number of nitrogen functional groups attached to an aromatic ring is 1. The van der Waals surface area contributed by atoms with Crippen molar-refractivity contribution in [3.05, 3.63) is 11.8 Å². The van der Waals surface area contributed by atoms with E-state index in [1.165, 1.54) is 11.3 Å². The molecule has 0 fully saturated rings. The molecule has 2 N–H and O–H groups in total. The number of nitrogens with zero attached hydrogens (tertiary/aromatic N) is 6. The Labute approximate surface area is 114 Å². The molecule has 0 saturated heterocycles. The average molecular weight is 277 g/mol. The minimum atomic E-state index is 0.488. The van der Waals surface area contributed by atoms with Crippen molar-refractivity contribution in [1.29, 1.82) is 0 Å². The molecule has 0 spiro atoms. The molecule has 8 heteroatoms. The van der Waals surface area contributed by atoms with Gasteiger partial charge in [0, 0.05) is 6.54 Å². The fourth-order valence-corrected chi connectivity index (χ4v) is 2.60. The maximum Gasteiger partial charge on any atom is 0.236 e. The summed E-state index contributed by atoms with van der Waals surface area (Å²) in [5, 5.41) is 17.5. The number of rotatable bonds is 4. The highest BCUT2D eigenvalue weighted by Gasteiger charge is 2.17. The first-order valence-electron chi connectivity index (χ1n) is 6.21. The summed E-state index contributed by atoms with van der Waals surface area (Å²) in [6.07, 6.45) is 2.20. The van der Waals surface area contributed by atoms with Crippen LogP contribution in [0.4, 0.5) is 5.13 Å². The summed E-state index contributed by atoms with van der Waals surface area (Å²) in [7, 11) is 0. The third-order valence-electron chi connectivity index (χ3n) is 2.86. The van der Waals surface area contributed by atoms with Crippen LogP contribution in [0, 0.1) is 6.92 Å². The van der Waals surface area contributed by atoms with Crippen molar-refractivity contribution in [1.82, 2.24) is 29.6 Å². The van der Waals surface area contributed by atoms with E-state index in [0.717, 1.165) is 30.8 Å². The van der Waals surface area contributed by atoms with Crippen LogP contribution in [0.1, 0.15) is 25.5 Å². The summed E-state index contributed by atoms with van der Waals surface area (Å²) in [6, 6.07) is 2.00. The molecule has 0 unspecified atom stereocenters. The van der Waals surface area contributed by atoms with Gasteiger partial charge in [-0.1, -0.05) is 24.7 Å². The zero-order valence-electron chi connectivity index (χ0n) is 10.9. The lowest BCUT2D eigenvalue weighted by molar-refractivity contribution is 0.571. The second-order valence-electron chi connectivity index (χ2n) is 4.41.